The summed E-state index contributed by atoms with van der Waals surface area (Å²) in [6.07, 6.45) is 3.77. The van der Waals surface area contributed by atoms with Crippen LogP contribution in [0.2, 0.25) is 0 Å². The minimum Gasteiger partial charge on any atom is -0.357 e. The number of hydrogen-bond donors (Lipinski definition) is 1. The van der Waals surface area contributed by atoms with E-state index in [-0.39, 0.29) is 0 Å². The van der Waals surface area contributed by atoms with Gasteiger partial charge < -0.3 is 14.8 Å². The highest BCUT2D eigenvalue weighted by atomic mass is 15.3. The Balaban J connectivity index is 1.24. The molecule has 25 heavy (non-hydrogen) atoms. The highest BCUT2D eigenvalue weighted by molar-refractivity contribution is 5.84. The molecule has 2 aromatic rings. The second kappa shape index (κ2) is 7.90. The molecule has 0 saturated carbocycles. The van der Waals surface area contributed by atoms with E-state index in [1.54, 1.807) is 5.56 Å². The fourth-order valence-electron chi connectivity index (χ4n) is 4.51. The van der Waals surface area contributed by atoms with Crippen LogP contribution in [0.3, 0.4) is 0 Å². The minimum absolute atomic E-state index is 1.09. The molecule has 4 rings (SSSR count). The Morgan fingerprint density at radius 1 is 0.880 bits per heavy atom. The smallest absolute Gasteiger partial charge is 0.0459 e. The SMILES string of the molecule is CCCN1CCN(CCCN2CCc3c([nH]c4ccccc34)C2)CC1. The van der Waals surface area contributed by atoms with Crippen molar-refractivity contribution >= 4 is 10.9 Å². The highest BCUT2D eigenvalue weighted by Gasteiger charge is 2.21. The molecule has 1 N–H and O–H groups in total. The van der Waals surface area contributed by atoms with Crippen molar-refractivity contribution in [1.29, 1.82) is 0 Å². The Hall–Kier alpha value is -1.36. The number of aromatic nitrogens is 1. The molecule has 1 fully saturated rings. The summed E-state index contributed by atoms with van der Waals surface area (Å²) in [5.74, 6) is 0. The number of piperazine rings is 1. The number of benzene rings is 1. The van der Waals surface area contributed by atoms with E-state index in [9.17, 15) is 0 Å². The average molecular weight is 341 g/mol. The third kappa shape index (κ3) is 3.91. The van der Waals surface area contributed by atoms with Crippen molar-refractivity contribution in [1.82, 2.24) is 19.7 Å². The number of fused-ring (bicyclic) bond motifs is 3. The largest absolute Gasteiger partial charge is 0.357 e. The summed E-state index contributed by atoms with van der Waals surface area (Å²) in [6, 6.07) is 8.75. The monoisotopic (exact) mass is 340 g/mol. The molecule has 1 saturated heterocycles. The molecule has 136 valence electrons. The van der Waals surface area contributed by atoms with Crippen molar-refractivity contribution in [2.45, 2.75) is 32.7 Å². The van der Waals surface area contributed by atoms with Gasteiger partial charge in [0.2, 0.25) is 0 Å². The Labute approximate surface area is 151 Å². The number of hydrogen-bond acceptors (Lipinski definition) is 3. The van der Waals surface area contributed by atoms with E-state index >= 15 is 0 Å². The van der Waals surface area contributed by atoms with Gasteiger partial charge in [-0.15, -0.1) is 0 Å². The summed E-state index contributed by atoms with van der Waals surface area (Å²) in [5.41, 5.74) is 4.30. The summed E-state index contributed by atoms with van der Waals surface area (Å²) in [6.45, 7) is 13.4. The van der Waals surface area contributed by atoms with Crippen LogP contribution in [0.1, 0.15) is 31.0 Å². The average Bonchev–Trinajstić information content (AvgIpc) is 3.01. The molecule has 0 spiro atoms. The van der Waals surface area contributed by atoms with Gasteiger partial charge in [0.15, 0.2) is 0 Å². The molecule has 0 unspecified atom stereocenters. The van der Waals surface area contributed by atoms with E-state index in [1.165, 1.54) is 88.2 Å². The van der Waals surface area contributed by atoms with Gasteiger partial charge in [-0.1, -0.05) is 25.1 Å². The third-order valence-corrected chi connectivity index (χ3v) is 5.92. The van der Waals surface area contributed by atoms with E-state index < -0.39 is 0 Å². The van der Waals surface area contributed by atoms with Gasteiger partial charge in [0.1, 0.15) is 0 Å². The van der Waals surface area contributed by atoms with Crippen LogP contribution < -0.4 is 0 Å². The summed E-state index contributed by atoms with van der Waals surface area (Å²) in [4.78, 5) is 11.5. The molecular formula is C21H32N4. The van der Waals surface area contributed by atoms with Gasteiger partial charge in [0.25, 0.3) is 0 Å². The van der Waals surface area contributed by atoms with Crippen molar-refractivity contribution in [2.75, 3.05) is 52.4 Å². The van der Waals surface area contributed by atoms with Crippen molar-refractivity contribution in [2.24, 2.45) is 0 Å². The van der Waals surface area contributed by atoms with Gasteiger partial charge in [0.05, 0.1) is 0 Å². The summed E-state index contributed by atoms with van der Waals surface area (Å²) < 4.78 is 0. The molecule has 0 amide bonds. The lowest BCUT2D eigenvalue weighted by atomic mass is 10.0. The normalized spacial score (nSPS) is 20.2. The lowest BCUT2D eigenvalue weighted by molar-refractivity contribution is 0.125. The molecule has 2 aliphatic rings. The zero-order valence-corrected chi connectivity index (χ0v) is 15.6. The standard InChI is InChI=1S/C21H32N4/c1-2-9-23-13-15-24(16-14-23)10-5-11-25-12-8-19-18-6-3-4-7-20(18)22-21(19)17-25/h3-4,6-7,22H,2,5,8-17H2,1H3. The second-order valence-electron chi connectivity index (χ2n) is 7.69. The van der Waals surface area contributed by atoms with E-state index in [2.05, 4.69) is 50.9 Å². The zero-order valence-electron chi connectivity index (χ0n) is 15.6. The van der Waals surface area contributed by atoms with Crippen LogP contribution in [0, 0.1) is 0 Å². The zero-order chi connectivity index (χ0) is 17.1. The summed E-state index contributed by atoms with van der Waals surface area (Å²) in [5, 5.41) is 1.43. The molecular weight excluding hydrogens is 308 g/mol. The molecule has 0 aliphatic carbocycles. The van der Waals surface area contributed by atoms with Gasteiger partial charge in [-0.3, -0.25) is 4.90 Å². The molecule has 1 aromatic heterocycles. The predicted molar refractivity (Wildman–Crippen MR) is 105 cm³/mol. The van der Waals surface area contributed by atoms with Crippen molar-refractivity contribution in [3.05, 3.63) is 35.5 Å². The van der Waals surface area contributed by atoms with Crippen LogP contribution in [-0.2, 0) is 13.0 Å². The fraction of sp³-hybridized carbons (Fsp3) is 0.619. The van der Waals surface area contributed by atoms with E-state index in [1.807, 2.05) is 0 Å². The first-order chi connectivity index (χ1) is 12.3. The topological polar surface area (TPSA) is 25.5 Å². The first-order valence-electron chi connectivity index (χ1n) is 10.1. The van der Waals surface area contributed by atoms with Crippen molar-refractivity contribution in [3.8, 4) is 0 Å². The summed E-state index contributed by atoms with van der Waals surface area (Å²) in [7, 11) is 0. The third-order valence-electron chi connectivity index (χ3n) is 5.92. The number of rotatable bonds is 6. The van der Waals surface area contributed by atoms with Gasteiger partial charge in [-0.2, -0.15) is 0 Å². The van der Waals surface area contributed by atoms with E-state index in [0.717, 1.165) is 6.54 Å². The van der Waals surface area contributed by atoms with Crippen LogP contribution in [0.4, 0.5) is 0 Å². The molecule has 4 heteroatoms. The van der Waals surface area contributed by atoms with Crippen LogP contribution in [0.5, 0.6) is 0 Å². The first-order valence-corrected chi connectivity index (χ1v) is 10.1. The maximum Gasteiger partial charge on any atom is 0.0459 e. The van der Waals surface area contributed by atoms with Crippen LogP contribution >= 0.6 is 0 Å². The Morgan fingerprint density at radius 2 is 1.60 bits per heavy atom. The maximum absolute atomic E-state index is 3.65. The number of aromatic amines is 1. The van der Waals surface area contributed by atoms with Crippen LogP contribution in [-0.4, -0.2) is 72.0 Å². The van der Waals surface area contributed by atoms with E-state index in [4.69, 9.17) is 0 Å². The minimum atomic E-state index is 1.09. The first kappa shape index (κ1) is 17.1. The van der Waals surface area contributed by atoms with Crippen LogP contribution in [0.15, 0.2) is 24.3 Å². The number of nitrogens with zero attached hydrogens (tertiary/aromatic N) is 3. The van der Waals surface area contributed by atoms with Crippen molar-refractivity contribution in [3.63, 3.8) is 0 Å². The van der Waals surface area contributed by atoms with Gasteiger partial charge in [-0.25, -0.2) is 0 Å². The molecule has 1 aromatic carbocycles. The number of nitrogens with one attached hydrogen (secondary N) is 1. The molecule has 0 radical (unpaired) electrons. The maximum atomic E-state index is 3.65. The second-order valence-corrected chi connectivity index (χ2v) is 7.69. The number of para-hydroxylation sites is 1. The fourth-order valence-corrected chi connectivity index (χ4v) is 4.51. The molecule has 4 nitrogen and oxygen atoms in total. The molecule has 0 atom stereocenters. The predicted octanol–water partition coefficient (Wildman–Crippen LogP) is 2.94. The highest BCUT2D eigenvalue weighted by Crippen LogP contribution is 2.27. The lowest BCUT2D eigenvalue weighted by Crippen LogP contribution is -2.47. The number of H-pyrrole nitrogens is 1. The Kier molecular flexibility index (Phi) is 5.39. The Morgan fingerprint density at radius 3 is 2.40 bits per heavy atom. The Bertz CT molecular complexity index is 684. The molecule has 0 bridgehead atoms. The molecule has 2 aliphatic heterocycles. The van der Waals surface area contributed by atoms with Gasteiger partial charge >= 0.3 is 0 Å². The quantitative estimate of drug-likeness (QED) is 0.875. The van der Waals surface area contributed by atoms with Gasteiger partial charge in [-0.05, 0) is 50.5 Å². The van der Waals surface area contributed by atoms with Crippen LogP contribution in [0.25, 0.3) is 10.9 Å². The van der Waals surface area contributed by atoms with Crippen molar-refractivity contribution < 1.29 is 0 Å². The molecule has 3 heterocycles. The summed E-state index contributed by atoms with van der Waals surface area (Å²) >= 11 is 0. The lowest BCUT2D eigenvalue weighted by Gasteiger charge is -2.35. The van der Waals surface area contributed by atoms with Gasteiger partial charge in [0, 0.05) is 55.9 Å². The van der Waals surface area contributed by atoms with E-state index in [0.29, 0.717) is 0 Å².